The molecule has 26 heavy (non-hydrogen) atoms. The number of alkyl halides is 4. The summed E-state index contributed by atoms with van der Waals surface area (Å²) in [7, 11) is 0. The maximum atomic E-state index is 14.0. The Balaban J connectivity index is 2.53. The number of hydrogen-bond acceptors (Lipinski definition) is 2. The van der Waals surface area contributed by atoms with Gasteiger partial charge in [-0.25, -0.2) is 13.8 Å². The van der Waals surface area contributed by atoms with Crippen molar-refractivity contribution in [3.8, 4) is 11.5 Å². The monoisotopic (exact) mass is 432 g/mol. The fourth-order valence-corrected chi connectivity index (χ4v) is 2.17. The number of rotatable bonds is 4. The van der Waals surface area contributed by atoms with Gasteiger partial charge in [0.1, 0.15) is 11.5 Å². The number of hydrogen-bond donors (Lipinski definition) is 1. The lowest BCUT2D eigenvalue weighted by Gasteiger charge is -2.14. The van der Waals surface area contributed by atoms with Crippen LogP contribution >= 0.6 is 34.8 Å². The molecule has 2 rings (SSSR count). The van der Waals surface area contributed by atoms with Crippen molar-refractivity contribution in [3.63, 3.8) is 0 Å². The molecule has 0 bridgehead atoms. The van der Waals surface area contributed by atoms with E-state index in [4.69, 9.17) is 45.3 Å². The van der Waals surface area contributed by atoms with Crippen molar-refractivity contribution in [1.82, 2.24) is 0 Å². The molecule has 0 radical (unpaired) electrons. The summed E-state index contributed by atoms with van der Waals surface area (Å²) >= 11 is 17.2. The van der Waals surface area contributed by atoms with Gasteiger partial charge in [-0.1, -0.05) is 23.2 Å². The summed E-state index contributed by atoms with van der Waals surface area (Å²) in [5.74, 6) is -4.72. The molecule has 0 aliphatic carbocycles. The van der Waals surface area contributed by atoms with E-state index in [1.807, 2.05) is 0 Å². The first kappa shape index (κ1) is 20.5. The molecule has 0 spiro atoms. The van der Waals surface area contributed by atoms with Crippen LogP contribution in [-0.4, -0.2) is 11.7 Å². The molecular formula is C15H8Cl3F5N2O. The number of nitrogens with zero attached hydrogens (tertiary/aromatic N) is 1. The van der Waals surface area contributed by atoms with E-state index < -0.39 is 29.1 Å². The van der Waals surface area contributed by atoms with Crippen LogP contribution in [0.25, 0.3) is 0 Å². The van der Waals surface area contributed by atoms with Gasteiger partial charge in [-0.15, -0.1) is 11.6 Å². The van der Waals surface area contributed by atoms with Crippen molar-refractivity contribution in [1.29, 1.82) is 0 Å². The molecule has 0 amide bonds. The van der Waals surface area contributed by atoms with Crippen molar-refractivity contribution >= 4 is 46.3 Å². The van der Waals surface area contributed by atoms with E-state index in [1.54, 1.807) is 0 Å². The van der Waals surface area contributed by atoms with Gasteiger partial charge in [0.2, 0.25) is 0 Å². The van der Waals surface area contributed by atoms with Crippen LogP contribution in [0.15, 0.2) is 29.3 Å². The van der Waals surface area contributed by atoms with Crippen LogP contribution in [0.2, 0.25) is 10.0 Å². The molecule has 2 N–H and O–H groups in total. The average molecular weight is 434 g/mol. The molecule has 3 nitrogen and oxygen atoms in total. The van der Waals surface area contributed by atoms with Crippen molar-refractivity contribution in [2.75, 3.05) is 5.88 Å². The van der Waals surface area contributed by atoms with Gasteiger partial charge in [0.15, 0.2) is 23.1 Å². The molecule has 0 aliphatic rings. The quantitative estimate of drug-likeness (QED) is 0.266. The Morgan fingerprint density at radius 3 is 2.08 bits per heavy atom. The number of halogens is 8. The van der Waals surface area contributed by atoms with Gasteiger partial charge < -0.3 is 10.5 Å². The Morgan fingerprint density at radius 1 is 1.04 bits per heavy atom. The Kier molecular flexibility index (Phi) is 6.21. The van der Waals surface area contributed by atoms with E-state index in [-0.39, 0.29) is 45.3 Å². The van der Waals surface area contributed by atoms with Crippen LogP contribution in [0.4, 0.5) is 27.6 Å². The third-order valence-electron chi connectivity index (χ3n) is 2.94. The van der Waals surface area contributed by atoms with Crippen molar-refractivity contribution < 1.29 is 26.7 Å². The highest BCUT2D eigenvalue weighted by molar-refractivity contribution is 6.42. The van der Waals surface area contributed by atoms with E-state index in [2.05, 4.69) is 4.99 Å². The normalized spacial score (nSPS) is 12.4. The first-order chi connectivity index (χ1) is 12.0. The predicted octanol–water partition coefficient (Wildman–Crippen LogP) is 6.31. The lowest BCUT2D eigenvalue weighted by Crippen LogP contribution is -2.12. The lowest BCUT2D eigenvalue weighted by molar-refractivity contribution is -0.138. The highest BCUT2D eigenvalue weighted by Crippen LogP contribution is 2.41. The standard InChI is InChI=1S/C15H8Cl3F5N2O/c16-5-13(24)25-11-3-7(17)8(18)4-12(11)26-14-9(19)1-6(2-10(14)20)15(21,22)23/h1-4H,5H2,(H2,24,25). The molecule has 0 atom stereocenters. The Morgan fingerprint density at radius 2 is 1.58 bits per heavy atom. The molecule has 0 aromatic heterocycles. The van der Waals surface area contributed by atoms with Crippen LogP contribution in [-0.2, 0) is 6.18 Å². The maximum absolute atomic E-state index is 14.0. The molecule has 0 aliphatic heterocycles. The predicted molar refractivity (Wildman–Crippen MR) is 89.9 cm³/mol. The van der Waals surface area contributed by atoms with E-state index in [0.29, 0.717) is 0 Å². The molecule has 0 heterocycles. The number of benzene rings is 2. The number of ether oxygens (including phenoxy) is 1. The van der Waals surface area contributed by atoms with Crippen LogP contribution in [0.5, 0.6) is 11.5 Å². The van der Waals surface area contributed by atoms with Crippen molar-refractivity contribution in [2.24, 2.45) is 10.7 Å². The summed E-state index contributed by atoms with van der Waals surface area (Å²) in [5.41, 5.74) is 3.92. The summed E-state index contributed by atoms with van der Waals surface area (Å²) in [6.45, 7) is 0. The molecular weight excluding hydrogens is 426 g/mol. The highest BCUT2D eigenvalue weighted by atomic mass is 35.5. The molecule has 0 fully saturated rings. The summed E-state index contributed by atoms with van der Waals surface area (Å²) in [4.78, 5) is 3.86. The Bertz CT molecular complexity index is 848. The zero-order valence-corrected chi connectivity index (χ0v) is 14.7. The van der Waals surface area contributed by atoms with Gasteiger partial charge in [-0.05, 0) is 18.2 Å². The minimum atomic E-state index is -4.92. The van der Waals surface area contributed by atoms with E-state index in [9.17, 15) is 22.0 Å². The maximum Gasteiger partial charge on any atom is 0.416 e. The van der Waals surface area contributed by atoms with E-state index in [0.717, 1.165) is 6.07 Å². The third kappa shape index (κ3) is 4.69. The largest absolute Gasteiger partial charge is 0.449 e. The average Bonchev–Trinajstić information content (AvgIpc) is 2.53. The number of aliphatic imine (C=N–C) groups is 1. The smallest absolute Gasteiger partial charge is 0.416 e. The van der Waals surface area contributed by atoms with Gasteiger partial charge in [0.25, 0.3) is 0 Å². The zero-order chi connectivity index (χ0) is 19.6. The van der Waals surface area contributed by atoms with E-state index >= 15 is 0 Å². The molecule has 140 valence electrons. The van der Waals surface area contributed by atoms with Gasteiger partial charge in [-0.3, -0.25) is 0 Å². The first-order valence-electron chi connectivity index (χ1n) is 6.65. The molecule has 0 saturated heterocycles. The zero-order valence-electron chi connectivity index (χ0n) is 12.5. The third-order valence-corrected chi connectivity index (χ3v) is 3.94. The molecule has 2 aromatic carbocycles. The number of nitrogens with two attached hydrogens (primary N) is 1. The second kappa shape index (κ2) is 7.85. The van der Waals surface area contributed by atoms with Gasteiger partial charge in [0.05, 0.1) is 21.5 Å². The van der Waals surface area contributed by atoms with Crippen LogP contribution < -0.4 is 10.5 Å². The molecule has 0 saturated carbocycles. The van der Waals surface area contributed by atoms with E-state index in [1.165, 1.54) is 6.07 Å². The summed E-state index contributed by atoms with van der Waals surface area (Å²) < 4.78 is 70.8. The van der Waals surface area contributed by atoms with Crippen LogP contribution in [0.3, 0.4) is 0 Å². The second-order valence-electron chi connectivity index (χ2n) is 4.84. The minimum absolute atomic E-state index is 0.0357. The van der Waals surface area contributed by atoms with Crippen molar-refractivity contribution in [3.05, 3.63) is 51.5 Å². The Hall–Kier alpha value is -1.77. The Labute approximate surface area is 159 Å². The van der Waals surface area contributed by atoms with Crippen LogP contribution in [0, 0.1) is 11.6 Å². The SMILES string of the molecule is NC(CCl)=Nc1cc(Cl)c(Cl)cc1Oc1c(F)cc(C(F)(F)F)cc1F. The summed E-state index contributed by atoms with van der Waals surface area (Å²) in [5, 5.41) is -0.00806. The highest BCUT2D eigenvalue weighted by Gasteiger charge is 2.33. The fourth-order valence-electron chi connectivity index (χ4n) is 1.80. The number of amidine groups is 1. The second-order valence-corrected chi connectivity index (χ2v) is 5.92. The lowest BCUT2D eigenvalue weighted by atomic mass is 10.2. The molecule has 0 unspecified atom stereocenters. The van der Waals surface area contributed by atoms with Gasteiger partial charge >= 0.3 is 6.18 Å². The summed E-state index contributed by atoms with van der Waals surface area (Å²) in [6.07, 6.45) is -4.92. The van der Waals surface area contributed by atoms with Crippen molar-refractivity contribution in [2.45, 2.75) is 6.18 Å². The topological polar surface area (TPSA) is 47.6 Å². The molecule has 2 aromatic rings. The van der Waals surface area contributed by atoms with Gasteiger partial charge in [0, 0.05) is 6.07 Å². The fraction of sp³-hybridized carbons (Fsp3) is 0.133. The summed E-state index contributed by atoms with van der Waals surface area (Å²) in [6, 6.07) is 2.48. The first-order valence-corrected chi connectivity index (χ1v) is 7.94. The van der Waals surface area contributed by atoms with Crippen LogP contribution in [0.1, 0.15) is 5.56 Å². The van der Waals surface area contributed by atoms with Gasteiger partial charge in [-0.2, -0.15) is 13.2 Å². The molecule has 11 heteroatoms. The minimum Gasteiger partial charge on any atom is -0.449 e.